The van der Waals surface area contributed by atoms with Crippen LogP contribution in [0.4, 0.5) is 0 Å². The van der Waals surface area contributed by atoms with Crippen molar-refractivity contribution in [1.29, 1.82) is 0 Å². The Kier molecular flexibility index (Phi) is 3.48. The summed E-state index contributed by atoms with van der Waals surface area (Å²) in [4.78, 5) is 32.5. The quantitative estimate of drug-likeness (QED) is 0.782. The van der Waals surface area contributed by atoms with Gasteiger partial charge in [-0.3, -0.25) is 14.6 Å². The Morgan fingerprint density at radius 2 is 2.00 bits per heavy atom. The van der Waals surface area contributed by atoms with E-state index in [1.807, 2.05) is 0 Å². The van der Waals surface area contributed by atoms with Gasteiger partial charge in [-0.1, -0.05) is 6.07 Å². The van der Waals surface area contributed by atoms with E-state index in [2.05, 4.69) is 9.97 Å². The molecule has 0 aliphatic carbocycles. The second kappa shape index (κ2) is 5.24. The van der Waals surface area contributed by atoms with Crippen LogP contribution >= 0.6 is 0 Å². The van der Waals surface area contributed by atoms with E-state index in [1.165, 1.54) is 12.3 Å². The van der Waals surface area contributed by atoms with Crippen molar-refractivity contribution in [3.05, 3.63) is 53.0 Å². The normalized spacial score (nSPS) is 15.6. The molecule has 0 radical (unpaired) electrons. The van der Waals surface area contributed by atoms with E-state index < -0.39 is 28.3 Å². The molecular weight excluding hydrogens is 318 g/mol. The fourth-order valence-electron chi connectivity index (χ4n) is 2.48. The van der Waals surface area contributed by atoms with E-state index in [0.29, 0.717) is 15.6 Å². The smallest absolute Gasteiger partial charge is 0.285 e. The summed E-state index contributed by atoms with van der Waals surface area (Å²) in [5.74, 6) is -1.28. The second-order valence-electron chi connectivity index (χ2n) is 5.22. The van der Waals surface area contributed by atoms with Crippen molar-refractivity contribution in [2.75, 3.05) is 6.54 Å². The number of carbonyl (C=O) groups excluding carboxylic acids is 2. The number of Topliss-reactive ketones (excluding diaryl/α,β-unsaturated/α-hetero) is 1. The van der Waals surface area contributed by atoms with E-state index in [0.717, 1.165) is 0 Å². The number of sulfonamides is 1. The highest BCUT2D eigenvalue weighted by molar-refractivity contribution is 7.90. The lowest BCUT2D eigenvalue weighted by Gasteiger charge is -2.13. The number of amides is 1. The minimum absolute atomic E-state index is 0.0319. The standard InChI is InChI=1S/C15H13N3O4S/c1-9-7-10(2)17-14-13(9)15(20)18(23(14,21)22)8-12(19)11-5-3-4-6-16-11/h3-7H,8H2,1-2H3. The van der Waals surface area contributed by atoms with Gasteiger partial charge in [0.1, 0.15) is 12.2 Å². The summed E-state index contributed by atoms with van der Waals surface area (Å²) in [6.45, 7) is 2.70. The van der Waals surface area contributed by atoms with Gasteiger partial charge in [-0.2, -0.15) is 8.42 Å². The average molecular weight is 331 g/mol. The number of hydrogen-bond donors (Lipinski definition) is 0. The predicted molar refractivity (Wildman–Crippen MR) is 80.5 cm³/mol. The first-order valence-corrected chi connectivity index (χ1v) is 8.26. The molecule has 0 saturated carbocycles. The molecule has 0 spiro atoms. The van der Waals surface area contributed by atoms with Crippen molar-refractivity contribution in [3.8, 4) is 0 Å². The maximum Gasteiger partial charge on any atom is 0.285 e. The summed E-state index contributed by atoms with van der Waals surface area (Å²) in [6, 6.07) is 6.36. The topological polar surface area (TPSA) is 97.3 Å². The first-order valence-electron chi connectivity index (χ1n) is 6.82. The molecule has 1 amide bonds. The molecule has 2 aromatic rings. The van der Waals surface area contributed by atoms with Crippen LogP contribution in [-0.2, 0) is 10.0 Å². The number of ketones is 1. The SMILES string of the molecule is Cc1cc(C)c2c(n1)S(=O)(=O)N(CC(=O)c1ccccn1)C2=O. The van der Waals surface area contributed by atoms with Gasteiger partial charge in [-0.15, -0.1) is 0 Å². The zero-order valence-electron chi connectivity index (χ0n) is 12.5. The van der Waals surface area contributed by atoms with Crippen molar-refractivity contribution in [2.45, 2.75) is 18.9 Å². The fourth-order valence-corrected chi connectivity index (χ4v) is 4.05. The van der Waals surface area contributed by atoms with E-state index in [-0.39, 0.29) is 16.3 Å². The van der Waals surface area contributed by atoms with Gasteiger partial charge in [0, 0.05) is 11.9 Å². The molecule has 1 aliphatic heterocycles. The van der Waals surface area contributed by atoms with Crippen LogP contribution in [-0.4, -0.2) is 40.9 Å². The minimum Gasteiger partial charge on any atom is -0.290 e. The molecule has 2 aromatic heterocycles. The van der Waals surface area contributed by atoms with Crippen LogP contribution in [0.25, 0.3) is 0 Å². The Morgan fingerprint density at radius 1 is 1.26 bits per heavy atom. The Morgan fingerprint density at radius 3 is 2.65 bits per heavy atom. The van der Waals surface area contributed by atoms with Crippen LogP contribution < -0.4 is 0 Å². The van der Waals surface area contributed by atoms with E-state index >= 15 is 0 Å². The highest BCUT2D eigenvalue weighted by atomic mass is 32.2. The third-order valence-corrected chi connectivity index (χ3v) is 5.18. The summed E-state index contributed by atoms with van der Waals surface area (Å²) >= 11 is 0. The number of carbonyl (C=O) groups is 2. The third-order valence-electron chi connectivity index (χ3n) is 3.52. The molecule has 0 aromatic carbocycles. The predicted octanol–water partition coefficient (Wildman–Crippen LogP) is 1.12. The monoisotopic (exact) mass is 331 g/mol. The van der Waals surface area contributed by atoms with E-state index in [9.17, 15) is 18.0 Å². The Bertz CT molecular complexity index is 923. The van der Waals surface area contributed by atoms with Crippen molar-refractivity contribution in [2.24, 2.45) is 0 Å². The molecule has 0 unspecified atom stereocenters. The minimum atomic E-state index is -4.12. The van der Waals surface area contributed by atoms with Crippen LogP contribution in [0.15, 0.2) is 35.5 Å². The van der Waals surface area contributed by atoms with Crippen LogP contribution in [0.5, 0.6) is 0 Å². The zero-order valence-corrected chi connectivity index (χ0v) is 13.3. The molecule has 7 nitrogen and oxygen atoms in total. The highest BCUT2D eigenvalue weighted by Gasteiger charge is 2.44. The lowest BCUT2D eigenvalue weighted by molar-refractivity contribution is 0.0818. The molecular formula is C15H13N3O4S. The Labute approximate surface area is 133 Å². The van der Waals surface area contributed by atoms with Crippen molar-refractivity contribution in [3.63, 3.8) is 0 Å². The van der Waals surface area contributed by atoms with Gasteiger partial charge in [0.15, 0.2) is 5.03 Å². The number of aromatic nitrogens is 2. The number of hydrogen-bond acceptors (Lipinski definition) is 6. The van der Waals surface area contributed by atoms with Crippen LogP contribution in [0.1, 0.15) is 32.1 Å². The van der Waals surface area contributed by atoms with Gasteiger partial charge in [-0.25, -0.2) is 9.29 Å². The number of pyridine rings is 2. The molecule has 0 atom stereocenters. The summed E-state index contributed by atoms with van der Waals surface area (Å²) < 4.78 is 25.6. The van der Waals surface area contributed by atoms with E-state index in [1.54, 1.807) is 32.0 Å². The van der Waals surface area contributed by atoms with Gasteiger partial charge in [-0.05, 0) is 37.6 Å². The van der Waals surface area contributed by atoms with Gasteiger partial charge in [0.25, 0.3) is 15.9 Å². The van der Waals surface area contributed by atoms with E-state index in [4.69, 9.17) is 0 Å². The maximum atomic E-state index is 12.5. The summed E-state index contributed by atoms with van der Waals surface area (Å²) in [5.41, 5.74) is 1.15. The highest BCUT2D eigenvalue weighted by Crippen LogP contribution is 2.31. The van der Waals surface area contributed by atoms with Crippen LogP contribution in [0.2, 0.25) is 0 Å². The van der Waals surface area contributed by atoms with Crippen molar-refractivity contribution < 1.29 is 18.0 Å². The summed E-state index contributed by atoms with van der Waals surface area (Å²) in [6.07, 6.45) is 1.43. The molecule has 0 N–H and O–H groups in total. The Balaban J connectivity index is 2.01. The first kappa shape index (κ1) is 15.3. The largest absolute Gasteiger partial charge is 0.290 e. The summed E-state index contributed by atoms with van der Waals surface area (Å²) in [7, 11) is -4.12. The lowest BCUT2D eigenvalue weighted by Crippen LogP contribution is -2.35. The number of fused-ring (bicyclic) bond motifs is 1. The molecule has 0 fully saturated rings. The lowest BCUT2D eigenvalue weighted by atomic mass is 10.1. The molecule has 118 valence electrons. The van der Waals surface area contributed by atoms with Gasteiger partial charge < -0.3 is 0 Å². The molecule has 0 bridgehead atoms. The molecule has 8 heteroatoms. The van der Waals surface area contributed by atoms with Gasteiger partial charge in [0.05, 0.1) is 5.56 Å². The second-order valence-corrected chi connectivity index (χ2v) is 6.99. The van der Waals surface area contributed by atoms with Gasteiger partial charge >= 0.3 is 0 Å². The fraction of sp³-hybridized carbons (Fsp3) is 0.200. The maximum absolute atomic E-state index is 12.5. The van der Waals surface area contributed by atoms with Crippen LogP contribution in [0, 0.1) is 13.8 Å². The third kappa shape index (κ3) is 2.40. The van der Waals surface area contributed by atoms with Crippen LogP contribution in [0.3, 0.4) is 0 Å². The summed E-state index contributed by atoms with van der Waals surface area (Å²) in [5, 5.41) is -0.283. The molecule has 3 rings (SSSR count). The number of nitrogens with zero attached hydrogens (tertiary/aromatic N) is 3. The van der Waals surface area contributed by atoms with Gasteiger partial charge in [0.2, 0.25) is 5.78 Å². The molecule has 0 saturated heterocycles. The Hall–Kier alpha value is -2.61. The van der Waals surface area contributed by atoms with Crippen molar-refractivity contribution >= 4 is 21.7 Å². The average Bonchev–Trinajstić information content (AvgIpc) is 2.69. The molecule has 1 aliphatic rings. The van der Waals surface area contributed by atoms with Crippen molar-refractivity contribution in [1.82, 2.24) is 14.3 Å². The molecule has 23 heavy (non-hydrogen) atoms. The molecule has 3 heterocycles. The number of aryl methyl sites for hydroxylation is 2. The number of rotatable bonds is 3. The first-order chi connectivity index (χ1) is 10.8. The zero-order chi connectivity index (χ0) is 16.8.